The first-order valence-electron chi connectivity index (χ1n) is 29.3. The third-order valence-corrected chi connectivity index (χ3v) is 15.1. The number of nitrogens with two attached hydrogens (primary N) is 3. The van der Waals surface area contributed by atoms with Gasteiger partial charge in [-0.3, -0.25) is 67.1 Å². The summed E-state index contributed by atoms with van der Waals surface area (Å²) in [6.45, 7) is 4.28. The summed E-state index contributed by atoms with van der Waals surface area (Å²) in [6, 6.07) is 0.401. The zero-order valence-corrected chi connectivity index (χ0v) is 51.1. The molecule has 89 heavy (non-hydrogen) atoms. The van der Waals surface area contributed by atoms with Gasteiger partial charge in [-0.2, -0.15) is 11.8 Å². The van der Waals surface area contributed by atoms with Crippen molar-refractivity contribution in [2.45, 2.75) is 165 Å². The number of carbonyl (C=O) groups is 14. The number of likely N-dealkylation sites (tertiary alicyclic amines) is 1. The lowest BCUT2D eigenvalue weighted by Crippen LogP contribution is -2.60. The molecule has 2 aromatic carbocycles. The fraction of sp³-hybridized carbons (Fsp3) is 0.552. The van der Waals surface area contributed by atoms with Crippen molar-refractivity contribution in [3.8, 4) is 5.75 Å². The van der Waals surface area contributed by atoms with Crippen molar-refractivity contribution in [1.29, 1.82) is 0 Å². The number of nitrogens with one attached hydrogen (secondary N) is 10. The molecule has 2 saturated heterocycles. The standard InChI is InChI=1S/C58H84N14O16S/c1-31(2)25-39(54(84)66-36(49(61)79)21-24-89-4)65-47(76)30-62-51(81)40(27-34-15-17-35(73)18-16-34)68-55(85)41(26-33-11-6-5-7-12-33)69-53(83)37(13-8-9-22-59)67-56(86)42(28-45(60)74)70-57(87)44-14-10-23-72(44)58(88)43(29-48(77)78)71-50(80)32(3)63-52(82)38-19-20-46(75)64-38/h5-7,11-12,15-18,31-32,36-44,73H,8-10,13-14,19-30,59H2,1-4H3,(H2,60,74)(H2,61,79)(H,62,81)(H,63,82)(H,64,75)(H,65,76)(H,66,84)(H,67,86)(H,68,85)(H,69,83)(H,70,87)(H,71,80)(H,77,78)/t32-,36-,37-,38-,39-,40-,41-,42-,43-,44-/m0/s1. The molecule has 0 saturated carbocycles. The van der Waals surface area contributed by atoms with Gasteiger partial charge in [-0.1, -0.05) is 56.3 Å². The van der Waals surface area contributed by atoms with Gasteiger partial charge in [0.05, 0.1) is 19.4 Å². The van der Waals surface area contributed by atoms with Crippen LogP contribution in [0.3, 0.4) is 0 Å². The molecule has 2 aliphatic heterocycles. The highest BCUT2D eigenvalue weighted by Crippen LogP contribution is 2.21. The van der Waals surface area contributed by atoms with E-state index in [-0.39, 0.29) is 94.9 Å². The minimum absolute atomic E-state index is 0.0174. The molecule has 18 N–H and O–H groups in total. The molecule has 31 heteroatoms. The molecular weight excluding hydrogens is 1180 g/mol. The summed E-state index contributed by atoms with van der Waals surface area (Å²) < 4.78 is 0. The molecular formula is C58H84N14O16S. The summed E-state index contributed by atoms with van der Waals surface area (Å²) in [5, 5.41) is 44.9. The third-order valence-electron chi connectivity index (χ3n) is 14.5. The van der Waals surface area contributed by atoms with E-state index < -0.39 is 157 Å². The molecule has 10 atom stereocenters. The molecule has 488 valence electrons. The second-order valence-electron chi connectivity index (χ2n) is 22.2. The van der Waals surface area contributed by atoms with Crippen LogP contribution in [0.1, 0.15) is 103 Å². The van der Waals surface area contributed by atoms with E-state index in [1.165, 1.54) is 43.0 Å². The SMILES string of the molecule is CSCC[C@H](NC(=O)[C@H](CC(C)C)NC(=O)CNC(=O)[C@H](Cc1ccc(O)cc1)NC(=O)[C@H](Cc1ccccc1)NC(=O)[C@H](CCCCN)NC(=O)[C@H](CC(N)=O)NC(=O)[C@@H]1CCCN1C(=O)[C@H](CC(=O)O)NC(=O)[C@H](C)NC(=O)[C@@H]1CCC(=O)N1)C(N)=O. The number of unbranched alkanes of at least 4 members (excludes halogenated alkanes) is 1. The van der Waals surface area contributed by atoms with E-state index in [0.29, 0.717) is 23.3 Å². The monoisotopic (exact) mass is 1260 g/mol. The summed E-state index contributed by atoms with van der Waals surface area (Å²) >= 11 is 1.44. The number of phenols is 1. The molecule has 0 aromatic heterocycles. The summed E-state index contributed by atoms with van der Waals surface area (Å²) in [7, 11) is 0. The van der Waals surface area contributed by atoms with Crippen molar-refractivity contribution >= 4 is 94.5 Å². The van der Waals surface area contributed by atoms with Gasteiger partial charge in [-0.15, -0.1) is 0 Å². The van der Waals surface area contributed by atoms with E-state index >= 15 is 0 Å². The van der Waals surface area contributed by atoms with Crippen LogP contribution in [0.5, 0.6) is 5.75 Å². The predicted molar refractivity (Wildman–Crippen MR) is 323 cm³/mol. The fourth-order valence-electron chi connectivity index (χ4n) is 9.79. The van der Waals surface area contributed by atoms with Gasteiger partial charge in [0.15, 0.2) is 0 Å². The van der Waals surface area contributed by atoms with Gasteiger partial charge in [0.1, 0.15) is 66.2 Å². The van der Waals surface area contributed by atoms with Gasteiger partial charge >= 0.3 is 5.97 Å². The Morgan fingerprint density at radius 2 is 1.22 bits per heavy atom. The van der Waals surface area contributed by atoms with Crippen LogP contribution in [0.15, 0.2) is 54.6 Å². The number of carboxylic acid groups (broad SMARTS) is 1. The Labute approximate surface area is 519 Å². The highest BCUT2D eigenvalue weighted by atomic mass is 32.2. The Hall–Kier alpha value is -8.87. The van der Waals surface area contributed by atoms with E-state index in [0.717, 1.165) is 4.90 Å². The topological polar surface area (TPSA) is 481 Å². The van der Waals surface area contributed by atoms with Crippen LogP contribution in [0, 0.1) is 5.92 Å². The van der Waals surface area contributed by atoms with Gasteiger partial charge in [0.25, 0.3) is 0 Å². The summed E-state index contributed by atoms with van der Waals surface area (Å²) in [5.41, 5.74) is 17.9. The minimum atomic E-state index is -1.78. The Morgan fingerprint density at radius 1 is 0.640 bits per heavy atom. The number of aromatic hydroxyl groups is 1. The predicted octanol–water partition coefficient (Wildman–Crippen LogP) is -3.77. The van der Waals surface area contributed by atoms with Crippen molar-refractivity contribution in [3.05, 3.63) is 65.7 Å². The van der Waals surface area contributed by atoms with Gasteiger partial charge in [0.2, 0.25) is 76.8 Å². The molecule has 0 spiro atoms. The molecule has 0 bridgehead atoms. The van der Waals surface area contributed by atoms with Crippen molar-refractivity contribution in [1.82, 2.24) is 58.1 Å². The van der Waals surface area contributed by atoms with Crippen LogP contribution >= 0.6 is 11.8 Å². The van der Waals surface area contributed by atoms with E-state index in [4.69, 9.17) is 17.2 Å². The van der Waals surface area contributed by atoms with E-state index in [9.17, 15) is 77.3 Å². The number of aliphatic carboxylic acids is 1. The summed E-state index contributed by atoms with van der Waals surface area (Å²) in [5.74, 6) is -12.3. The first kappa shape index (κ1) is 72.6. The number of benzene rings is 2. The lowest BCUT2D eigenvalue weighted by molar-refractivity contribution is -0.146. The molecule has 2 fully saturated rings. The Morgan fingerprint density at radius 3 is 1.81 bits per heavy atom. The largest absolute Gasteiger partial charge is 0.508 e. The van der Waals surface area contributed by atoms with Crippen LogP contribution in [0.2, 0.25) is 0 Å². The molecule has 30 nitrogen and oxygen atoms in total. The summed E-state index contributed by atoms with van der Waals surface area (Å²) in [6.07, 6.45) is 0.987. The average Bonchev–Trinajstić information content (AvgIpc) is 2.32. The van der Waals surface area contributed by atoms with Crippen LogP contribution in [-0.4, -0.2) is 190 Å². The van der Waals surface area contributed by atoms with Crippen molar-refractivity contribution < 1.29 is 77.3 Å². The van der Waals surface area contributed by atoms with Crippen molar-refractivity contribution in [3.63, 3.8) is 0 Å². The van der Waals surface area contributed by atoms with Crippen LogP contribution in [-0.2, 0) is 80.0 Å². The normalized spacial score (nSPS) is 17.1. The number of hydrogen-bond donors (Lipinski definition) is 15. The van der Waals surface area contributed by atoms with Crippen LogP contribution in [0.25, 0.3) is 0 Å². The summed E-state index contributed by atoms with van der Waals surface area (Å²) in [4.78, 5) is 188. The molecule has 0 unspecified atom stereocenters. The van der Waals surface area contributed by atoms with Crippen LogP contribution in [0.4, 0.5) is 0 Å². The zero-order chi connectivity index (χ0) is 65.9. The molecule has 0 radical (unpaired) electrons. The first-order chi connectivity index (χ1) is 42.2. The highest BCUT2D eigenvalue weighted by molar-refractivity contribution is 7.98. The molecule has 4 rings (SSSR count). The number of nitrogens with zero attached hydrogens (tertiary/aromatic N) is 1. The zero-order valence-electron chi connectivity index (χ0n) is 50.3. The number of thioether (sulfide) groups is 1. The maximum Gasteiger partial charge on any atom is 0.305 e. The maximum atomic E-state index is 14.6. The molecule has 0 aliphatic carbocycles. The van der Waals surface area contributed by atoms with Crippen LogP contribution < -0.4 is 70.4 Å². The average molecular weight is 1270 g/mol. The van der Waals surface area contributed by atoms with E-state index in [1.54, 1.807) is 30.3 Å². The Kier molecular flexibility index (Phi) is 29.7. The Bertz CT molecular complexity index is 2850. The highest BCUT2D eigenvalue weighted by Gasteiger charge is 2.41. The van der Waals surface area contributed by atoms with Gasteiger partial charge in [-0.25, -0.2) is 0 Å². The maximum absolute atomic E-state index is 14.6. The van der Waals surface area contributed by atoms with Crippen molar-refractivity contribution in [2.75, 3.05) is 31.6 Å². The number of carbonyl (C=O) groups excluding carboxylic acids is 13. The second kappa shape index (κ2) is 36.4. The smallest absolute Gasteiger partial charge is 0.305 e. The molecule has 2 heterocycles. The second-order valence-corrected chi connectivity index (χ2v) is 23.2. The molecule has 13 amide bonds. The van der Waals surface area contributed by atoms with Gasteiger partial charge < -0.3 is 85.5 Å². The number of hydrogen-bond acceptors (Lipinski definition) is 17. The first-order valence-corrected chi connectivity index (χ1v) is 30.7. The quantitative estimate of drug-likeness (QED) is 0.0289. The number of amides is 13. The number of rotatable bonds is 37. The Balaban J connectivity index is 1.55. The lowest BCUT2D eigenvalue weighted by Gasteiger charge is -2.30. The minimum Gasteiger partial charge on any atom is -0.508 e. The number of primary amides is 2. The molecule has 2 aromatic rings. The number of phenolic OH excluding ortho intramolecular Hbond substituents is 1. The van der Waals surface area contributed by atoms with Gasteiger partial charge in [-0.05, 0) is 106 Å². The van der Waals surface area contributed by atoms with Gasteiger partial charge in [0, 0.05) is 25.8 Å². The van der Waals surface area contributed by atoms with Crippen molar-refractivity contribution in [2.24, 2.45) is 23.1 Å². The van der Waals surface area contributed by atoms with E-state index in [1.807, 2.05) is 20.1 Å². The molecule has 2 aliphatic rings. The number of carboxylic acids is 1. The lowest BCUT2D eigenvalue weighted by atomic mass is 10.0. The van der Waals surface area contributed by atoms with E-state index in [2.05, 4.69) is 53.2 Å². The fourth-order valence-corrected chi connectivity index (χ4v) is 10.3. The third kappa shape index (κ3) is 24.7.